The van der Waals surface area contributed by atoms with Crippen molar-refractivity contribution in [3.8, 4) is 0 Å². The maximum Gasteiger partial charge on any atom is 0.692 e. The molecule has 0 saturated carbocycles. The standard InChI is InChI=1S/2C12H27P.ClH.HO3P/c2*1-4-7-10-13(11-8-5-2)12-9-6-3;;1-4(2)3/h2*4-12H2,1-3H3;1H;(H-,1,2,3)/p+1. The highest BCUT2D eigenvalue weighted by Gasteiger charge is 2.06. The fourth-order valence-electron chi connectivity index (χ4n) is 2.96. The van der Waals surface area contributed by atoms with Crippen LogP contribution >= 0.6 is 36.5 Å². The van der Waals surface area contributed by atoms with Crippen molar-refractivity contribution in [3.63, 3.8) is 0 Å². The molecule has 0 unspecified atom stereocenters. The van der Waals surface area contributed by atoms with Gasteiger partial charge in [0, 0.05) is 4.57 Å². The molecule has 3 nitrogen and oxygen atoms in total. The molecule has 0 amide bonds. The monoisotopic (exact) mass is 521 g/mol. The van der Waals surface area contributed by atoms with E-state index in [1.807, 2.05) is 0 Å². The zero-order chi connectivity index (χ0) is 23.5. The van der Waals surface area contributed by atoms with Crippen molar-refractivity contribution in [2.24, 2.45) is 0 Å². The molecule has 0 aromatic heterocycles. The molecule has 2 N–H and O–H groups in total. The lowest BCUT2D eigenvalue weighted by Crippen LogP contribution is -1.95. The van der Waals surface area contributed by atoms with Gasteiger partial charge in [-0.25, -0.2) is 0 Å². The molecule has 0 aliphatic heterocycles. The highest BCUT2D eigenvalue weighted by molar-refractivity contribution is 7.57. The van der Waals surface area contributed by atoms with Crippen molar-refractivity contribution in [2.45, 2.75) is 119 Å². The van der Waals surface area contributed by atoms with E-state index in [0.717, 1.165) is 0 Å². The summed E-state index contributed by atoms with van der Waals surface area (Å²) in [6, 6.07) is 0. The SMILES string of the molecule is CCCCP(CCCC)CCCC.CCCCP(CCCC)CCCC.Cl.O=[P+](O)O. The van der Waals surface area contributed by atoms with Gasteiger partial charge in [0.15, 0.2) is 0 Å². The molecule has 0 fully saturated rings. The molecule has 0 bridgehead atoms. The van der Waals surface area contributed by atoms with Crippen molar-refractivity contribution < 1.29 is 14.4 Å². The zero-order valence-corrected chi connectivity index (χ0v) is 25.3. The molecule has 31 heavy (non-hydrogen) atoms. The van der Waals surface area contributed by atoms with Gasteiger partial charge in [-0.2, -0.15) is 0 Å². The van der Waals surface area contributed by atoms with Crippen LogP contribution in [0.4, 0.5) is 0 Å². The lowest BCUT2D eigenvalue weighted by molar-refractivity contribution is 0.405. The smallest absolute Gasteiger partial charge is 0.147 e. The van der Waals surface area contributed by atoms with Gasteiger partial charge in [-0.15, -0.1) is 38.0 Å². The topological polar surface area (TPSA) is 57.5 Å². The first kappa shape index (κ1) is 39.4. The third-order valence-corrected chi connectivity index (χ3v) is 10.7. The minimum Gasteiger partial charge on any atom is -0.147 e. The minimum atomic E-state index is -2.87. The van der Waals surface area contributed by atoms with Crippen LogP contribution in [0.3, 0.4) is 0 Å². The van der Waals surface area contributed by atoms with E-state index in [1.165, 1.54) is 77.0 Å². The summed E-state index contributed by atoms with van der Waals surface area (Å²) in [5.41, 5.74) is 0. The fraction of sp³-hybridized carbons (Fsp3) is 1.00. The Morgan fingerprint density at radius 3 is 0.710 bits per heavy atom. The molecule has 0 aromatic rings. The van der Waals surface area contributed by atoms with Gasteiger partial charge in [-0.3, -0.25) is 0 Å². The average Bonchev–Trinajstić information content (AvgIpc) is 2.72. The van der Waals surface area contributed by atoms with Crippen LogP contribution in [0.5, 0.6) is 0 Å². The molecule has 0 aliphatic rings. The Hall–Kier alpha value is 1.17. The second kappa shape index (κ2) is 35.8. The van der Waals surface area contributed by atoms with Crippen molar-refractivity contribution in [1.82, 2.24) is 0 Å². The van der Waals surface area contributed by atoms with Crippen LogP contribution in [-0.4, -0.2) is 46.8 Å². The first-order valence-electron chi connectivity index (χ1n) is 12.7. The summed E-state index contributed by atoms with van der Waals surface area (Å²) >= 11 is 0. The highest BCUT2D eigenvalue weighted by Crippen LogP contribution is 2.39. The second-order valence-corrected chi connectivity index (χ2v) is 13.9. The Bertz CT molecular complexity index is 258. The maximum absolute atomic E-state index is 8.70. The molecular formula is C24H57ClO3P3+. The summed E-state index contributed by atoms with van der Waals surface area (Å²) < 4.78 is 8.70. The lowest BCUT2D eigenvalue weighted by Gasteiger charge is -2.16. The van der Waals surface area contributed by atoms with Gasteiger partial charge in [-0.05, 0) is 75.5 Å². The van der Waals surface area contributed by atoms with Crippen LogP contribution < -0.4 is 0 Å². The Labute approximate surface area is 206 Å². The molecule has 0 saturated heterocycles. The van der Waals surface area contributed by atoms with E-state index in [0.29, 0.717) is 15.8 Å². The van der Waals surface area contributed by atoms with Gasteiger partial charge in [0.25, 0.3) is 0 Å². The van der Waals surface area contributed by atoms with E-state index in [2.05, 4.69) is 41.5 Å². The molecule has 0 atom stereocenters. The van der Waals surface area contributed by atoms with E-state index in [4.69, 9.17) is 14.4 Å². The Morgan fingerprint density at radius 2 is 0.613 bits per heavy atom. The van der Waals surface area contributed by atoms with Gasteiger partial charge >= 0.3 is 8.25 Å². The summed E-state index contributed by atoms with van der Waals surface area (Å²) in [5.74, 6) is 0. The van der Waals surface area contributed by atoms with Gasteiger partial charge in [0.2, 0.25) is 0 Å². The Balaban J connectivity index is -0.000000195. The summed E-state index contributed by atoms with van der Waals surface area (Å²) in [4.78, 5) is 14.2. The minimum absolute atomic E-state index is 0. The number of unbranched alkanes of at least 4 members (excludes halogenated alkanes) is 6. The van der Waals surface area contributed by atoms with Crippen molar-refractivity contribution in [2.75, 3.05) is 37.0 Å². The van der Waals surface area contributed by atoms with Crippen molar-refractivity contribution in [1.29, 1.82) is 0 Å². The summed E-state index contributed by atoms with van der Waals surface area (Å²) in [6.07, 6.45) is 26.4. The van der Waals surface area contributed by atoms with Gasteiger partial charge in [-0.1, -0.05) is 80.1 Å². The molecular weight excluding hydrogens is 465 g/mol. The van der Waals surface area contributed by atoms with Crippen molar-refractivity contribution >= 4 is 36.5 Å². The summed E-state index contributed by atoms with van der Waals surface area (Å²) in [5, 5.41) is 0. The summed E-state index contributed by atoms with van der Waals surface area (Å²) in [6.45, 7) is 13.9. The molecule has 0 aromatic carbocycles. The molecule has 0 heterocycles. The fourth-order valence-corrected chi connectivity index (χ4v) is 8.88. The number of hydrogen-bond donors (Lipinski definition) is 2. The Morgan fingerprint density at radius 1 is 0.484 bits per heavy atom. The van der Waals surface area contributed by atoms with Gasteiger partial charge in [0.1, 0.15) is 0 Å². The molecule has 0 rings (SSSR count). The van der Waals surface area contributed by atoms with Crippen LogP contribution in [0, 0.1) is 0 Å². The van der Waals surface area contributed by atoms with E-state index in [-0.39, 0.29) is 12.4 Å². The second-order valence-electron chi connectivity index (χ2n) is 8.06. The van der Waals surface area contributed by atoms with Crippen LogP contribution in [-0.2, 0) is 4.57 Å². The van der Waals surface area contributed by atoms with E-state index >= 15 is 0 Å². The van der Waals surface area contributed by atoms with Crippen LogP contribution in [0.1, 0.15) is 119 Å². The normalized spacial score (nSPS) is 10.1. The lowest BCUT2D eigenvalue weighted by atomic mass is 10.4. The molecule has 0 radical (unpaired) electrons. The number of hydrogen-bond acceptors (Lipinski definition) is 1. The number of rotatable bonds is 18. The summed E-state index contributed by atoms with van der Waals surface area (Å²) in [7, 11) is -2.03. The van der Waals surface area contributed by atoms with Crippen molar-refractivity contribution in [3.05, 3.63) is 0 Å². The first-order valence-corrected chi connectivity index (χ1v) is 17.7. The van der Waals surface area contributed by atoms with E-state index < -0.39 is 8.25 Å². The third-order valence-electron chi connectivity index (χ3n) is 4.97. The van der Waals surface area contributed by atoms with E-state index in [9.17, 15) is 0 Å². The maximum atomic E-state index is 8.70. The largest absolute Gasteiger partial charge is 0.692 e. The predicted molar refractivity (Wildman–Crippen MR) is 152 cm³/mol. The highest BCUT2D eigenvalue weighted by atomic mass is 35.5. The van der Waals surface area contributed by atoms with Crippen LogP contribution in [0.15, 0.2) is 0 Å². The zero-order valence-electron chi connectivity index (χ0n) is 21.8. The van der Waals surface area contributed by atoms with Crippen LogP contribution in [0.2, 0.25) is 0 Å². The molecule has 0 spiro atoms. The van der Waals surface area contributed by atoms with Crippen LogP contribution in [0.25, 0.3) is 0 Å². The van der Waals surface area contributed by atoms with E-state index in [1.54, 1.807) is 37.0 Å². The molecule has 192 valence electrons. The third kappa shape index (κ3) is 41.9. The quantitative estimate of drug-likeness (QED) is 0.176. The Kier molecular flexibility index (Phi) is 45.4. The van der Waals surface area contributed by atoms with Gasteiger partial charge in [0.05, 0.1) is 0 Å². The number of halogens is 1. The predicted octanol–water partition coefficient (Wildman–Crippen LogP) is 9.79. The molecule has 7 heteroatoms. The first-order chi connectivity index (χ1) is 14.4. The van der Waals surface area contributed by atoms with Gasteiger partial charge < -0.3 is 0 Å². The molecule has 0 aliphatic carbocycles. The average molecular weight is 522 g/mol.